The second kappa shape index (κ2) is 2.66. The van der Waals surface area contributed by atoms with Crippen LogP contribution < -0.4 is 5.43 Å². The van der Waals surface area contributed by atoms with Crippen molar-refractivity contribution in [1.82, 2.24) is 5.43 Å². The Morgan fingerprint density at radius 1 is 2.00 bits per heavy atom. The molecule has 0 aromatic heterocycles. The van der Waals surface area contributed by atoms with Crippen molar-refractivity contribution in [2.45, 2.75) is 13.0 Å². The molecule has 1 fully saturated rings. The molecule has 0 bridgehead atoms. The van der Waals surface area contributed by atoms with Gasteiger partial charge in [-0.25, -0.2) is 10.2 Å². The van der Waals surface area contributed by atoms with Crippen LogP contribution in [0.3, 0.4) is 0 Å². The minimum atomic E-state index is -1.15. The highest BCUT2D eigenvalue weighted by atomic mass is 16.5. The first-order chi connectivity index (χ1) is 4.70. The van der Waals surface area contributed by atoms with Crippen LogP contribution in [0.15, 0.2) is 5.10 Å². The van der Waals surface area contributed by atoms with E-state index in [2.05, 4.69) is 5.10 Å². The van der Waals surface area contributed by atoms with Gasteiger partial charge in [0.2, 0.25) is 0 Å². The molecule has 1 aliphatic rings. The third-order valence-corrected chi connectivity index (χ3v) is 1.25. The third kappa shape index (κ3) is 1.44. The van der Waals surface area contributed by atoms with Crippen LogP contribution in [-0.2, 0) is 4.74 Å². The molecule has 1 atom stereocenters. The van der Waals surface area contributed by atoms with Crippen molar-refractivity contribution in [2.24, 2.45) is 5.10 Å². The smallest absolute Gasteiger partial charge is 0.425 e. The summed E-state index contributed by atoms with van der Waals surface area (Å²) in [6.07, 6.45) is -1.18. The molecule has 56 valence electrons. The molecule has 0 aliphatic carbocycles. The number of hydrazone groups is 1. The van der Waals surface area contributed by atoms with Crippen molar-refractivity contribution in [2.75, 3.05) is 6.61 Å². The molecule has 1 heterocycles. The van der Waals surface area contributed by atoms with Crippen LogP contribution in [-0.4, -0.2) is 29.6 Å². The molecule has 10 heavy (non-hydrogen) atoms. The molecule has 0 saturated carbocycles. The Labute approximate surface area is 57.7 Å². The number of amides is 1. The number of hydrogen-bond acceptors (Lipinski definition) is 3. The van der Waals surface area contributed by atoms with Gasteiger partial charge in [0.1, 0.15) is 0 Å². The van der Waals surface area contributed by atoms with E-state index >= 15 is 0 Å². The fraction of sp³-hybridized carbons (Fsp3) is 0.600. The standard InChI is InChI=1S/C5H8N2O3/c1-3-4(2-10-3)6-7-5(8)9/h3,7H,2H2,1H3,(H,8,9)/b6-4+. The Morgan fingerprint density at radius 3 is 3.00 bits per heavy atom. The first-order valence-electron chi connectivity index (χ1n) is 2.87. The normalized spacial score (nSPS) is 27.7. The molecule has 0 aromatic carbocycles. The zero-order valence-corrected chi connectivity index (χ0v) is 5.50. The minimum absolute atomic E-state index is 0.0353. The molecule has 0 radical (unpaired) electrons. The topological polar surface area (TPSA) is 70.9 Å². The average molecular weight is 144 g/mol. The van der Waals surface area contributed by atoms with Crippen LogP contribution in [0.25, 0.3) is 0 Å². The van der Waals surface area contributed by atoms with Crippen molar-refractivity contribution >= 4 is 11.8 Å². The van der Waals surface area contributed by atoms with Crippen molar-refractivity contribution < 1.29 is 14.6 Å². The first-order valence-corrected chi connectivity index (χ1v) is 2.87. The molecule has 0 aromatic rings. The third-order valence-electron chi connectivity index (χ3n) is 1.25. The van der Waals surface area contributed by atoms with Crippen LogP contribution in [0.1, 0.15) is 6.92 Å². The van der Waals surface area contributed by atoms with Gasteiger partial charge in [-0.1, -0.05) is 0 Å². The summed E-state index contributed by atoms with van der Waals surface area (Å²) in [5, 5.41) is 11.7. The van der Waals surface area contributed by atoms with Gasteiger partial charge in [-0.2, -0.15) is 5.10 Å². The second-order valence-corrected chi connectivity index (χ2v) is 1.97. The van der Waals surface area contributed by atoms with Crippen LogP contribution in [0.4, 0.5) is 4.79 Å². The number of nitrogens with zero attached hydrogens (tertiary/aromatic N) is 1. The highest BCUT2D eigenvalue weighted by molar-refractivity contribution is 5.93. The number of carbonyl (C=O) groups is 1. The Hall–Kier alpha value is -1.10. The summed E-state index contributed by atoms with van der Waals surface area (Å²) in [5.41, 5.74) is 2.64. The zero-order valence-electron chi connectivity index (χ0n) is 5.50. The van der Waals surface area contributed by atoms with Gasteiger partial charge in [0.25, 0.3) is 0 Å². The molecule has 1 amide bonds. The number of carboxylic acid groups (broad SMARTS) is 1. The predicted octanol–water partition coefficient (Wildman–Crippen LogP) is 0.0287. The van der Waals surface area contributed by atoms with Gasteiger partial charge in [0, 0.05) is 0 Å². The highest BCUT2D eigenvalue weighted by Crippen LogP contribution is 2.05. The van der Waals surface area contributed by atoms with E-state index in [1.807, 2.05) is 12.3 Å². The number of hydrogen-bond donors (Lipinski definition) is 2. The van der Waals surface area contributed by atoms with Crippen LogP contribution >= 0.6 is 0 Å². The van der Waals surface area contributed by atoms with Gasteiger partial charge in [-0.05, 0) is 6.92 Å². The van der Waals surface area contributed by atoms with E-state index < -0.39 is 6.09 Å². The number of ether oxygens (including phenoxy) is 1. The maximum absolute atomic E-state index is 9.89. The van der Waals surface area contributed by atoms with E-state index in [0.29, 0.717) is 6.61 Å². The Morgan fingerprint density at radius 2 is 2.70 bits per heavy atom. The number of nitrogens with one attached hydrogen (secondary N) is 1. The van der Waals surface area contributed by atoms with Crippen LogP contribution in [0.2, 0.25) is 0 Å². The SMILES string of the molecule is CC1OC/C1=N\NC(=O)O. The maximum atomic E-state index is 9.89. The zero-order chi connectivity index (χ0) is 7.56. The Bertz CT molecular complexity index is 178. The summed E-state index contributed by atoms with van der Waals surface area (Å²) >= 11 is 0. The summed E-state index contributed by atoms with van der Waals surface area (Å²) in [5.74, 6) is 0. The lowest BCUT2D eigenvalue weighted by atomic mass is 10.2. The van der Waals surface area contributed by atoms with Crippen LogP contribution in [0.5, 0.6) is 0 Å². The minimum Gasteiger partial charge on any atom is -0.464 e. The fourth-order valence-corrected chi connectivity index (χ4v) is 0.567. The quantitative estimate of drug-likeness (QED) is 0.510. The van der Waals surface area contributed by atoms with Crippen LogP contribution in [0, 0.1) is 0 Å². The Kier molecular flexibility index (Phi) is 1.86. The fourth-order valence-electron chi connectivity index (χ4n) is 0.567. The summed E-state index contributed by atoms with van der Waals surface area (Å²) in [6, 6.07) is 0. The van der Waals surface area contributed by atoms with Gasteiger partial charge >= 0.3 is 6.09 Å². The van der Waals surface area contributed by atoms with Crippen molar-refractivity contribution in [3.63, 3.8) is 0 Å². The van der Waals surface area contributed by atoms with E-state index in [1.54, 1.807) is 0 Å². The highest BCUT2D eigenvalue weighted by Gasteiger charge is 2.21. The average Bonchev–Trinajstić information content (AvgIpc) is 1.84. The summed E-state index contributed by atoms with van der Waals surface area (Å²) in [7, 11) is 0. The van der Waals surface area contributed by atoms with Crippen molar-refractivity contribution in [3.8, 4) is 0 Å². The van der Waals surface area contributed by atoms with Crippen molar-refractivity contribution in [3.05, 3.63) is 0 Å². The van der Waals surface area contributed by atoms with Gasteiger partial charge < -0.3 is 9.84 Å². The monoisotopic (exact) mass is 144 g/mol. The predicted molar refractivity (Wildman–Crippen MR) is 34.0 cm³/mol. The van der Waals surface area contributed by atoms with E-state index in [-0.39, 0.29) is 6.10 Å². The van der Waals surface area contributed by atoms with Crippen molar-refractivity contribution in [1.29, 1.82) is 0 Å². The molecule has 1 saturated heterocycles. The summed E-state index contributed by atoms with van der Waals surface area (Å²) in [6.45, 7) is 2.24. The lowest BCUT2D eigenvalue weighted by molar-refractivity contribution is 0.0855. The molecular weight excluding hydrogens is 136 g/mol. The molecule has 5 heteroatoms. The summed E-state index contributed by atoms with van der Waals surface area (Å²) < 4.78 is 4.91. The van der Waals surface area contributed by atoms with E-state index in [1.165, 1.54) is 0 Å². The second-order valence-electron chi connectivity index (χ2n) is 1.97. The lowest BCUT2D eigenvalue weighted by Gasteiger charge is -2.24. The van der Waals surface area contributed by atoms with E-state index in [4.69, 9.17) is 9.84 Å². The van der Waals surface area contributed by atoms with Gasteiger partial charge in [-0.15, -0.1) is 0 Å². The number of rotatable bonds is 1. The molecule has 1 aliphatic heterocycles. The maximum Gasteiger partial charge on any atom is 0.425 e. The molecule has 2 N–H and O–H groups in total. The lowest BCUT2D eigenvalue weighted by Crippen LogP contribution is -2.39. The van der Waals surface area contributed by atoms with Gasteiger partial charge in [0.15, 0.2) is 0 Å². The Balaban J connectivity index is 2.33. The molecule has 0 spiro atoms. The molecular formula is C5H8N2O3. The summed E-state index contributed by atoms with van der Waals surface area (Å²) in [4.78, 5) is 9.89. The van der Waals surface area contributed by atoms with Gasteiger partial charge in [-0.3, -0.25) is 0 Å². The molecule has 1 rings (SSSR count). The first kappa shape index (κ1) is 7.01. The van der Waals surface area contributed by atoms with E-state index in [0.717, 1.165) is 5.71 Å². The molecule has 1 unspecified atom stereocenters. The van der Waals surface area contributed by atoms with E-state index in [9.17, 15) is 4.79 Å². The largest absolute Gasteiger partial charge is 0.464 e. The van der Waals surface area contributed by atoms with Gasteiger partial charge in [0.05, 0.1) is 18.4 Å². The molecule has 5 nitrogen and oxygen atoms in total.